The number of hydrogen-bond acceptors (Lipinski definition) is 2. The molecule has 88 valence electrons. The predicted octanol–water partition coefficient (Wildman–Crippen LogP) is 2.40. The summed E-state index contributed by atoms with van der Waals surface area (Å²) in [5.74, 6) is 0. The van der Waals surface area contributed by atoms with Crippen LogP contribution in [-0.2, 0) is 0 Å². The molecule has 0 saturated heterocycles. The maximum Gasteiger partial charge on any atom is 0.0163 e. The summed E-state index contributed by atoms with van der Waals surface area (Å²) >= 11 is 0. The second-order valence-corrected chi connectivity index (χ2v) is 5.54. The van der Waals surface area contributed by atoms with E-state index < -0.39 is 0 Å². The lowest BCUT2D eigenvalue weighted by Gasteiger charge is -2.38. The van der Waals surface area contributed by atoms with Gasteiger partial charge in [-0.05, 0) is 38.1 Å². The van der Waals surface area contributed by atoms with Crippen LogP contribution < -0.4 is 5.73 Å². The van der Waals surface area contributed by atoms with Gasteiger partial charge in [-0.15, -0.1) is 0 Å². The van der Waals surface area contributed by atoms with E-state index in [4.69, 9.17) is 5.73 Å². The maximum atomic E-state index is 5.42. The van der Waals surface area contributed by atoms with E-state index in [9.17, 15) is 0 Å². The molecule has 0 spiro atoms. The molecule has 15 heavy (non-hydrogen) atoms. The lowest BCUT2D eigenvalue weighted by Crippen LogP contribution is -2.37. The van der Waals surface area contributed by atoms with E-state index in [0.717, 1.165) is 12.6 Å². The zero-order valence-electron chi connectivity index (χ0n) is 10.5. The Hall–Kier alpha value is -0.340. The average molecular weight is 210 g/mol. The Labute approximate surface area is 94.5 Å². The summed E-state index contributed by atoms with van der Waals surface area (Å²) in [4.78, 5) is 2.46. The van der Waals surface area contributed by atoms with E-state index in [2.05, 4.69) is 31.9 Å². The fourth-order valence-corrected chi connectivity index (χ4v) is 2.31. The summed E-state index contributed by atoms with van der Waals surface area (Å²) in [5, 5.41) is 0. The van der Waals surface area contributed by atoms with Gasteiger partial charge in [0.05, 0.1) is 0 Å². The quantitative estimate of drug-likeness (QED) is 0.722. The molecule has 0 aromatic heterocycles. The van der Waals surface area contributed by atoms with Crippen LogP contribution in [0.3, 0.4) is 0 Å². The molecule has 2 N–H and O–H groups in total. The Kier molecular flexibility index (Phi) is 4.81. The van der Waals surface area contributed by atoms with E-state index in [-0.39, 0.29) is 0 Å². The fraction of sp³-hybridized carbons (Fsp3) is 0.846. The monoisotopic (exact) mass is 210 g/mol. The van der Waals surface area contributed by atoms with Gasteiger partial charge in [0.15, 0.2) is 0 Å². The van der Waals surface area contributed by atoms with Crippen molar-refractivity contribution < 1.29 is 0 Å². The summed E-state index contributed by atoms with van der Waals surface area (Å²) < 4.78 is 0. The predicted molar refractivity (Wildman–Crippen MR) is 66.9 cm³/mol. The number of rotatable bonds is 4. The normalized spacial score (nSPS) is 22.7. The molecule has 0 unspecified atom stereocenters. The summed E-state index contributed by atoms with van der Waals surface area (Å²) in [6, 6.07) is 0.778. The SMILES string of the molecule is CN(CC=CCN)C1CCC(C)(C)CC1. The molecular weight excluding hydrogens is 184 g/mol. The lowest BCUT2D eigenvalue weighted by molar-refractivity contribution is 0.136. The Balaban J connectivity index is 2.30. The largest absolute Gasteiger partial charge is 0.327 e. The van der Waals surface area contributed by atoms with E-state index in [1.165, 1.54) is 25.7 Å². The first-order valence-corrected chi connectivity index (χ1v) is 6.10. The Bertz CT molecular complexity index is 199. The smallest absolute Gasteiger partial charge is 0.0163 e. The van der Waals surface area contributed by atoms with Gasteiger partial charge in [0.1, 0.15) is 0 Å². The standard InChI is InChI=1S/C13H26N2/c1-13(2)8-6-12(7-9-13)15(3)11-5-4-10-14/h4-5,12H,6-11,14H2,1-3H3. The van der Waals surface area contributed by atoms with E-state index in [0.29, 0.717) is 12.0 Å². The summed E-state index contributed by atoms with van der Waals surface area (Å²) in [6.07, 6.45) is 9.65. The van der Waals surface area contributed by atoms with Crippen LogP contribution in [0.4, 0.5) is 0 Å². The van der Waals surface area contributed by atoms with Gasteiger partial charge in [0, 0.05) is 19.1 Å². The number of likely N-dealkylation sites (N-methyl/N-ethyl adjacent to an activating group) is 1. The van der Waals surface area contributed by atoms with E-state index in [1.807, 2.05) is 6.08 Å². The van der Waals surface area contributed by atoms with Crippen molar-refractivity contribution in [1.82, 2.24) is 4.90 Å². The Morgan fingerprint density at radius 3 is 2.40 bits per heavy atom. The minimum atomic E-state index is 0.574. The molecule has 0 radical (unpaired) electrons. The summed E-state index contributed by atoms with van der Waals surface area (Å²) in [5.41, 5.74) is 6.00. The first-order valence-electron chi connectivity index (χ1n) is 6.10. The third kappa shape index (κ3) is 4.35. The lowest BCUT2D eigenvalue weighted by atomic mass is 9.75. The Morgan fingerprint density at radius 1 is 1.27 bits per heavy atom. The Morgan fingerprint density at radius 2 is 1.87 bits per heavy atom. The third-order valence-electron chi connectivity index (χ3n) is 3.63. The van der Waals surface area contributed by atoms with Gasteiger partial charge in [-0.25, -0.2) is 0 Å². The van der Waals surface area contributed by atoms with Crippen molar-refractivity contribution in [3.8, 4) is 0 Å². The van der Waals surface area contributed by atoms with Gasteiger partial charge in [-0.2, -0.15) is 0 Å². The van der Waals surface area contributed by atoms with Crippen LogP contribution in [0.1, 0.15) is 39.5 Å². The molecule has 2 nitrogen and oxygen atoms in total. The van der Waals surface area contributed by atoms with Crippen molar-refractivity contribution in [1.29, 1.82) is 0 Å². The van der Waals surface area contributed by atoms with Gasteiger partial charge in [-0.1, -0.05) is 26.0 Å². The van der Waals surface area contributed by atoms with E-state index >= 15 is 0 Å². The van der Waals surface area contributed by atoms with Gasteiger partial charge in [0.2, 0.25) is 0 Å². The third-order valence-corrected chi connectivity index (χ3v) is 3.63. The molecule has 0 amide bonds. The van der Waals surface area contributed by atoms with Gasteiger partial charge < -0.3 is 5.73 Å². The molecule has 1 aliphatic rings. The van der Waals surface area contributed by atoms with Crippen molar-refractivity contribution in [2.75, 3.05) is 20.1 Å². The zero-order chi connectivity index (χ0) is 11.3. The van der Waals surface area contributed by atoms with Gasteiger partial charge >= 0.3 is 0 Å². The second kappa shape index (κ2) is 5.66. The molecule has 1 saturated carbocycles. The number of hydrogen-bond donors (Lipinski definition) is 1. The first kappa shape index (κ1) is 12.7. The average Bonchev–Trinajstić information content (AvgIpc) is 2.18. The first-order chi connectivity index (χ1) is 7.05. The van der Waals surface area contributed by atoms with Crippen molar-refractivity contribution >= 4 is 0 Å². The highest BCUT2D eigenvalue weighted by atomic mass is 15.1. The molecule has 0 aromatic carbocycles. The fourth-order valence-electron chi connectivity index (χ4n) is 2.31. The minimum Gasteiger partial charge on any atom is -0.327 e. The molecule has 2 heteroatoms. The van der Waals surface area contributed by atoms with Crippen LogP contribution in [0, 0.1) is 5.41 Å². The topological polar surface area (TPSA) is 29.3 Å². The van der Waals surface area contributed by atoms with Crippen LogP contribution in [0.2, 0.25) is 0 Å². The van der Waals surface area contributed by atoms with Crippen LogP contribution in [0.15, 0.2) is 12.2 Å². The number of nitrogens with two attached hydrogens (primary N) is 1. The number of nitrogens with zero attached hydrogens (tertiary/aromatic N) is 1. The summed E-state index contributed by atoms with van der Waals surface area (Å²) in [6.45, 7) is 6.48. The van der Waals surface area contributed by atoms with Crippen LogP contribution in [0.25, 0.3) is 0 Å². The molecular formula is C13H26N2. The molecule has 0 atom stereocenters. The van der Waals surface area contributed by atoms with Crippen LogP contribution in [0.5, 0.6) is 0 Å². The molecule has 0 bridgehead atoms. The zero-order valence-corrected chi connectivity index (χ0v) is 10.5. The van der Waals surface area contributed by atoms with E-state index in [1.54, 1.807) is 0 Å². The van der Waals surface area contributed by atoms with Gasteiger partial charge in [0.25, 0.3) is 0 Å². The molecule has 1 fully saturated rings. The molecule has 0 aliphatic heterocycles. The second-order valence-electron chi connectivity index (χ2n) is 5.54. The molecule has 1 aliphatic carbocycles. The molecule has 1 rings (SSSR count). The maximum absolute atomic E-state index is 5.42. The van der Waals surface area contributed by atoms with Crippen molar-refractivity contribution in [3.63, 3.8) is 0 Å². The van der Waals surface area contributed by atoms with Crippen molar-refractivity contribution in [3.05, 3.63) is 12.2 Å². The van der Waals surface area contributed by atoms with Crippen molar-refractivity contribution in [2.45, 2.75) is 45.6 Å². The minimum absolute atomic E-state index is 0.574. The highest BCUT2D eigenvalue weighted by Crippen LogP contribution is 2.36. The van der Waals surface area contributed by atoms with Crippen LogP contribution >= 0.6 is 0 Å². The van der Waals surface area contributed by atoms with Crippen molar-refractivity contribution in [2.24, 2.45) is 11.1 Å². The van der Waals surface area contributed by atoms with Gasteiger partial charge in [-0.3, -0.25) is 4.90 Å². The molecule has 0 aromatic rings. The summed E-state index contributed by atoms with van der Waals surface area (Å²) in [7, 11) is 2.23. The highest BCUT2D eigenvalue weighted by Gasteiger charge is 2.28. The van der Waals surface area contributed by atoms with Crippen LogP contribution in [-0.4, -0.2) is 31.1 Å². The molecule has 0 heterocycles. The highest BCUT2D eigenvalue weighted by molar-refractivity contribution is 4.89.